The molecule has 1 unspecified atom stereocenters. The Morgan fingerprint density at radius 3 is 2.79 bits per heavy atom. The Kier molecular flexibility index (Phi) is 4.22. The molecule has 4 heteroatoms. The number of hydrogen-bond donors (Lipinski definition) is 1. The van der Waals surface area contributed by atoms with Gasteiger partial charge in [0.1, 0.15) is 11.6 Å². The second-order valence-electron chi connectivity index (χ2n) is 5.05. The Bertz CT molecular complexity index is 554. The van der Waals surface area contributed by atoms with Crippen LogP contribution in [0.5, 0.6) is 5.75 Å². The Morgan fingerprint density at radius 2 is 2.11 bits per heavy atom. The van der Waals surface area contributed by atoms with Crippen LogP contribution in [-0.4, -0.2) is 43.7 Å². The summed E-state index contributed by atoms with van der Waals surface area (Å²) in [5.74, 6) is 1.79. The minimum absolute atomic E-state index is 0.343. The first-order valence-corrected chi connectivity index (χ1v) is 6.44. The fourth-order valence-corrected chi connectivity index (χ4v) is 2.22. The molecule has 0 aliphatic carbocycles. The van der Waals surface area contributed by atoms with Gasteiger partial charge >= 0.3 is 0 Å². The predicted molar refractivity (Wildman–Crippen MR) is 79.9 cm³/mol. The highest BCUT2D eigenvalue weighted by atomic mass is 16.5. The van der Waals surface area contributed by atoms with Gasteiger partial charge in [-0.25, -0.2) is 4.98 Å². The molecule has 19 heavy (non-hydrogen) atoms. The minimum Gasteiger partial charge on any atom is -0.497 e. The summed E-state index contributed by atoms with van der Waals surface area (Å²) in [6.45, 7) is 3.12. The highest BCUT2D eigenvalue weighted by Crippen LogP contribution is 2.25. The van der Waals surface area contributed by atoms with Crippen LogP contribution in [0.2, 0.25) is 0 Å². The van der Waals surface area contributed by atoms with Gasteiger partial charge in [0.25, 0.3) is 0 Å². The molecule has 1 heterocycles. The molecule has 0 radical (unpaired) electrons. The van der Waals surface area contributed by atoms with E-state index in [0.717, 1.165) is 28.9 Å². The van der Waals surface area contributed by atoms with Crippen molar-refractivity contribution in [2.45, 2.75) is 13.0 Å². The molecular formula is C15H21N3O. The number of ether oxygens (including phenoxy) is 1. The zero-order chi connectivity index (χ0) is 13.8. The number of nitrogens with one attached hydrogen (secondary N) is 1. The number of hydrogen-bond acceptors (Lipinski definition) is 4. The maximum atomic E-state index is 5.25. The number of fused-ring (bicyclic) bond motifs is 1. The van der Waals surface area contributed by atoms with Gasteiger partial charge in [0.2, 0.25) is 0 Å². The van der Waals surface area contributed by atoms with Crippen LogP contribution in [0, 0.1) is 0 Å². The summed E-state index contributed by atoms with van der Waals surface area (Å²) in [6.07, 6.45) is 1.83. The first-order chi connectivity index (χ1) is 9.10. The van der Waals surface area contributed by atoms with Crippen molar-refractivity contribution in [3.8, 4) is 5.75 Å². The number of benzene rings is 1. The van der Waals surface area contributed by atoms with E-state index in [1.807, 2.05) is 30.5 Å². The van der Waals surface area contributed by atoms with Crippen molar-refractivity contribution in [3.05, 3.63) is 30.5 Å². The molecule has 1 aromatic heterocycles. The summed E-state index contributed by atoms with van der Waals surface area (Å²) in [6, 6.07) is 8.38. The van der Waals surface area contributed by atoms with Crippen molar-refractivity contribution >= 4 is 16.6 Å². The molecule has 0 aliphatic heterocycles. The number of anilines is 1. The van der Waals surface area contributed by atoms with Gasteiger partial charge in [-0.15, -0.1) is 0 Å². The van der Waals surface area contributed by atoms with Crippen LogP contribution < -0.4 is 10.1 Å². The number of pyridine rings is 1. The smallest absolute Gasteiger partial charge is 0.134 e. The molecule has 1 N–H and O–H groups in total. The second-order valence-corrected chi connectivity index (χ2v) is 5.05. The van der Waals surface area contributed by atoms with E-state index >= 15 is 0 Å². The number of nitrogens with zero attached hydrogens (tertiary/aromatic N) is 2. The van der Waals surface area contributed by atoms with Gasteiger partial charge < -0.3 is 15.0 Å². The molecule has 0 bridgehead atoms. The lowest BCUT2D eigenvalue weighted by Crippen LogP contribution is -2.30. The monoisotopic (exact) mass is 259 g/mol. The van der Waals surface area contributed by atoms with Gasteiger partial charge in [-0.2, -0.15) is 0 Å². The molecule has 102 valence electrons. The van der Waals surface area contributed by atoms with Crippen LogP contribution in [0.4, 0.5) is 5.82 Å². The molecule has 1 atom stereocenters. The average molecular weight is 259 g/mol. The lowest BCUT2D eigenvalue weighted by atomic mass is 10.1. The topological polar surface area (TPSA) is 37.4 Å². The summed E-state index contributed by atoms with van der Waals surface area (Å²) in [5, 5.41) is 5.71. The Labute approximate surface area is 114 Å². The Balaban J connectivity index is 2.28. The van der Waals surface area contributed by atoms with Crippen LogP contribution in [0.3, 0.4) is 0 Å². The van der Waals surface area contributed by atoms with E-state index in [1.54, 1.807) is 7.11 Å². The van der Waals surface area contributed by atoms with Crippen LogP contribution in [0.25, 0.3) is 10.8 Å². The van der Waals surface area contributed by atoms with Crippen molar-refractivity contribution < 1.29 is 4.74 Å². The zero-order valence-electron chi connectivity index (χ0n) is 12.0. The fraction of sp³-hybridized carbons (Fsp3) is 0.400. The van der Waals surface area contributed by atoms with Crippen molar-refractivity contribution in [1.82, 2.24) is 9.88 Å². The number of aromatic nitrogens is 1. The normalized spacial score (nSPS) is 12.7. The van der Waals surface area contributed by atoms with E-state index in [2.05, 4.69) is 36.2 Å². The third-order valence-electron chi connectivity index (χ3n) is 2.99. The Morgan fingerprint density at radius 1 is 1.32 bits per heavy atom. The van der Waals surface area contributed by atoms with E-state index in [4.69, 9.17) is 4.74 Å². The maximum Gasteiger partial charge on any atom is 0.134 e. The van der Waals surface area contributed by atoms with E-state index < -0.39 is 0 Å². The number of methoxy groups -OCH3 is 1. The number of rotatable bonds is 5. The lowest BCUT2D eigenvalue weighted by molar-refractivity contribution is 0.392. The van der Waals surface area contributed by atoms with Gasteiger partial charge in [-0.3, -0.25) is 0 Å². The first kappa shape index (κ1) is 13.6. The van der Waals surface area contributed by atoms with Crippen LogP contribution in [-0.2, 0) is 0 Å². The van der Waals surface area contributed by atoms with Gasteiger partial charge in [0.05, 0.1) is 7.11 Å². The van der Waals surface area contributed by atoms with Crippen LogP contribution >= 0.6 is 0 Å². The molecule has 0 aliphatic rings. The summed E-state index contributed by atoms with van der Waals surface area (Å²) < 4.78 is 5.25. The van der Waals surface area contributed by atoms with E-state index in [0.29, 0.717) is 6.04 Å². The maximum absolute atomic E-state index is 5.25. The quantitative estimate of drug-likeness (QED) is 0.895. The Hall–Kier alpha value is -1.81. The number of likely N-dealkylation sites (N-methyl/N-ethyl adjacent to an activating group) is 1. The van der Waals surface area contributed by atoms with E-state index in [-0.39, 0.29) is 0 Å². The van der Waals surface area contributed by atoms with Crippen LogP contribution in [0.15, 0.2) is 30.5 Å². The van der Waals surface area contributed by atoms with E-state index in [9.17, 15) is 0 Å². The molecule has 1 aromatic carbocycles. The van der Waals surface area contributed by atoms with Gasteiger partial charge in [-0.05, 0) is 50.7 Å². The molecule has 2 rings (SSSR count). The SMILES string of the molecule is COc1ccc2c(NC(C)CN(C)C)nccc2c1. The summed E-state index contributed by atoms with van der Waals surface area (Å²) in [5.41, 5.74) is 0. The standard InChI is InChI=1S/C15H21N3O/c1-11(10-18(2)3)17-15-14-6-5-13(19-4)9-12(14)7-8-16-15/h5-9,11H,10H2,1-4H3,(H,16,17). The van der Waals surface area contributed by atoms with E-state index in [1.165, 1.54) is 0 Å². The van der Waals surface area contributed by atoms with Gasteiger partial charge in [0.15, 0.2) is 0 Å². The van der Waals surface area contributed by atoms with Crippen molar-refractivity contribution in [3.63, 3.8) is 0 Å². The predicted octanol–water partition coefficient (Wildman–Crippen LogP) is 2.61. The molecule has 0 saturated heterocycles. The third-order valence-corrected chi connectivity index (χ3v) is 2.99. The van der Waals surface area contributed by atoms with Gasteiger partial charge in [-0.1, -0.05) is 0 Å². The molecule has 2 aromatic rings. The fourth-order valence-electron chi connectivity index (χ4n) is 2.22. The summed E-state index contributed by atoms with van der Waals surface area (Å²) in [4.78, 5) is 6.60. The second kappa shape index (κ2) is 5.89. The summed E-state index contributed by atoms with van der Waals surface area (Å²) in [7, 11) is 5.82. The highest BCUT2D eigenvalue weighted by Gasteiger charge is 2.08. The largest absolute Gasteiger partial charge is 0.497 e. The lowest BCUT2D eigenvalue weighted by Gasteiger charge is -2.19. The first-order valence-electron chi connectivity index (χ1n) is 6.44. The summed E-state index contributed by atoms with van der Waals surface area (Å²) >= 11 is 0. The van der Waals surface area contributed by atoms with Gasteiger partial charge in [0, 0.05) is 24.2 Å². The zero-order valence-corrected chi connectivity index (χ0v) is 12.0. The highest BCUT2D eigenvalue weighted by molar-refractivity contribution is 5.92. The molecule has 0 spiro atoms. The minimum atomic E-state index is 0.343. The van der Waals surface area contributed by atoms with Crippen molar-refractivity contribution in [2.75, 3.05) is 33.1 Å². The van der Waals surface area contributed by atoms with Crippen molar-refractivity contribution in [2.24, 2.45) is 0 Å². The van der Waals surface area contributed by atoms with Crippen molar-refractivity contribution in [1.29, 1.82) is 0 Å². The molecule has 0 fully saturated rings. The molecule has 0 saturated carbocycles. The third kappa shape index (κ3) is 3.35. The molecule has 0 amide bonds. The average Bonchev–Trinajstić information content (AvgIpc) is 2.37. The molecular weight excluding hydrogens is 238 g/mol. The van der Waals surface area contributed by atoms with Crippen LogP contribution in [0.1, 0.15) is 6.92 Å². The molecule has 4 nitrogen and oxygen atoms in total.